The van der Waals surface area contributed by atoms with Crippen molar-refractivity contribution in [1.29, 1.82) is 0 Å². The number of anilines is 1. The predicted molar refractivity (Wildman–Crippen MR) is 81.5 cm³/mol. The Morgan fingerprint density at radius 3 is 2.47 bits per heavy atom. The first-order chi connectivity index (χ1) is 9.04. The molecule has 1 aromatic rings. The van der Waals surface area contributed by atoms with Gasteiger partial charge in [-0.3, -0.25) is 0 Å². The third-order valence-electron chi connectivity index (χ3n) is 3.73. The summed E-state index contributed by atoms with van der Waals surface area (Å²) in [4.78, 5) is 11.2. The molecule has 0 radical (unpaired) electrons. The van der Waals surface area contributed by atoms with Gasteiger partial charge in [-0.1, -0.05) is 32.4 Å². The van der Waals surface area contributed by atoms with E-state index in [4.69, 9.17) is 0 Å². The number of aldehydes is 1. The topological polar surface area (TPSA) is 23.6 Å². The van der Waals surface area contributed by atoms with Crippen LogP contribution in [0.1, 0.15) is 37.8 Å². The average Bonchev–Trinajstić information content (AvgIpc) is 2.43. The van der Waals surface area contributed by atoms with Crippen LogP contribution >= 0.6 is 0 Å². The quantitative estimate of drug-likeness (QED) is 0.557. The van der Waals surface area contributed by atoms with E-state index in [9.17, 15) is 4.79 Å². The molecule has 1 atom stereocenters. The monoisotopic (exact) mass is 262 g/mol. The van der Waals surface area contributed by atoms with Crippen LogP contribution in [0.4, 0.5) is 5.69 Å². The minimum atomic E-state index is -0.0558. The third kappa shape index (κ3) is 3.80. The van der Waals surface area contributed by atoms with E-state index in [0.29, 0.717) is 0 Å². The van der Waals surface area contributed by atoms with Crippen molar-refractivity contribution >= 4 is 12.0 Å². The molecule has 1 aromatic carbocycles. The van der Waals surface area contributed by atoms with Crippen molar-refractivity contribution in [3.8, 4) is 0 Å². The van der Waals surface area contributed by atoms with Gasteiger partial charge in [0.2, 0.25) is 0 Å². The van der Waals surface area contributed by atoms with Gasteiger partial charge in [0.25, 0.3) is 0 Å². The number of hydrogen-bond acceptors (Lipinski definition) is 3. The van der Waals surface area contributed by atoms with Crippen LogP contribution in [0, 0.1) is 6.92 Å². The van der Waals surface area contributed by atoms with Gasteiger partial charge in [0.1, 0.15) is 6.29 Å². The van der Waals surface area contributed by atoms with Gasteiger partial charge < -0.3 is 9.80 Å². The molecule has 0 N–H and O–H groups in total. The number of likely N-dealkylation sites (N-methyl/N-ethyl adjacent to an activating group) is 1. The molecule has 1 rings (SSSR count). The maximum Gasteiger partial charge on any atom is 0.138 e. The first-order valence-electron chi connectivity index (χ1n) is 7.06. The second-order valence-corrected chi connectivity index (χ2v) is 5.06. The van der Waals surface area contributed by atoms with Crippen LogP contribution < -0.4 is 5.01 Å². The highest BCUT2D eigenvalue weighted by Crippen LogP contribution is 2.23. The second kappa shape index (κ2) is 7.29. The van der Waals surface area contributed by atoms with E-state index in [1.54, 1.807) is 0 Å². The van der Waals surface area contributed by atoms with Crippen molar-refractivity contribution in [3.05, 3.63) is 29.3 Å². The van der Waals surface area contributed by atoms with Crippen LogP contribution in [0.15, 0.2) is 18.2 Å². The van der Waals surface area contributed by atoms with Crippen LogP contribution in [0.3, 0.4) is 0 Å². The molecule has 0 saturated heterocycles. The van der Waals surface area contributed by atoms with Crippen LogP contribution in [0.5, 0.6) is 0 Å². The number of benzene rings is 1. The first-order valence-corrected chi connectivity index (χ1v) is 7.06. The molecule has 19 heavy (non-hydrogen) atoms. The predicted octanol–water partition coefficient (Wildman–Crippen LogP) is 3.21. The molecule has 3 nitrogen and oxygen atoms in total. The summed E-state index contributed by atoms with van der Waals surface area (Å²) >= 11 is 0. The first kappa shape index (κ1) is 15.7. The Morgan fingerprint density at radius 1 is 1.26 bits per heavy atom. The summed E-state index contributed by atoms with van der Waals surface area (Å²) in [7, 11) is 4.00. The van der Waals surface area contributed by atoms with Gasteiger partial charge in [0.05, 0.1) is 11.7 Å². The minimum Gasteiger partial charge on any atom is -0.308 e. The molecule has 1 unspecified atom stereocenters. The summed E-state index contributed by atoms with van der Waals surface area (Å²) in [6.45, 7) is 6.37. The normalized spacial score (nSPS) is 12.5. The lowest BCUT2D eigenvalue weighted by Crippen LogP contribution is -2.45. The summed E-state index contributed by atoms with van der Waals surface area (Å²) in [5.74, 6) is 0. The molecule has 0 aliphatic heterocycles. The number of nitrogens with zero attached hydrogens (tertiary/aromatic N) is 2. The van der Waals surface area contributed by atoms with Crippen LogP contribution in [0.2, 0.25) is 0 Å². The van der Waals surface area contributed by atoms with Crippen molar-refractivity contribution in [2.75, 3.05) is 19.1 Å². The molecule has 0 bridgehead atoms. The molecular formula is C16H26N2O. The summed E-state index contributed by atoms with van der Waals surface area (Å²) in [6.07, 6.45) is 3.96. The third-order valence-corrected chi connectivity index (χ3v) is 3.73. The van der Waals surface area contributed by atoms with E-state index in [-0.39, 0.29) is 6.04 Å². The van der Waals surface area contributed by atoms with Crippen molar-refractivity contribution < 1.29 is 4.79 Å². The maximum atomic E-state index is 11.2. The standard InChI is InChI=1S/C16H26N2O/c1-6-8-15(12-19)17(4)18(5)16-11-14(7-2)10-9-13(16)3/h9-12,15H,6-8H2,1-5H3. The van der Waals surface area contributed by atoms with Gasteiger partial charge in [0.15, 0.2) is 0 Å². The minimum absolute atomic E-state index is 0.0558. The molecule has 0 heterocycles. The van der Waals surface area contributed by atoms with Crippen molar-refractivity contribution in [3.63, 3.8) is 0 Å². The molecule has 0 spiro atoms. The Labute approximate surface area is 117 Å². The highest BCUT2D eigenvalue weighted by molar-refractivity contribution is 5.60. The number of carbonyl (C=O) groups is 1. The van der Waals surface area contributed by atoms with Crippen LogP contribution in [0.25, 0.3) is 0 Å². The smallest absolute Gasteiger partial charge is 0.138 e. The molecule has 0 amide bonds. The molecule has 106 valence electrons. The Balaban J connectivity index is 2.97. The number of carbonyl (C=O) groups excluding carboxylic acids is 1. The Hall–Kier alpha value is -1.35. The number of rotatable bonds is 7. The van der Waals surface area contributed by atoms with Crippen molar-refractivity contribution in [2.45, 2.75) is 46.1 Å². The van der Waals surface area contributed by atoms with Crippen molar-refractivity contribution in [1.82, 2.24) is 5.01 Å². The maximum absolute atomic E-state index is 11.2. The van der Waals surface area contributed by atoms with Gasteiger partial charge in [-0.25, -0.2) is 5.01 Å². The number of hydrogen-bond donors (Lipinski definition) is 0. The van der Waals surface area contributed by atoms with Gasteiger partial charge in [-0.05, 0) is 37.0 Å². The lowest BCUT2D eigenvalue weighted by molar-refractivity contribution is -0.112. The molecule has 0 saturated carbocycles. The summed E-state index contributed by atoms with van der Waals surface area (Å²) in [6, 6.07) is 6.46. The average molecular weight is 262 g/mol. The fraction of sp³-hybridized carbons (Fsp3) is 0.562. The highest BCUT2D eigenvalue weighted by atomic mass is 16.1. The van der Waals surface area contributed by atoms with Gasteiger partial charge in [0, 0.05) is 14.1 Å². The zero-order chi connectivity index (χ0) is 14.4. The lowest BCUT2D eigenvalue weighted by atomic mass is 10.1. The Morgan fingerprint density at radius 2 is 1.95 bits per heavy atom. The highest BCUT2D eigenvalue weighted by Gasteiger charge is 2.18. The molecule has 0 aliphatic carbocycles. The summed E-state index contributed by atoms with van der Waals surface area (Å²) < 4.78 is 0. The largest absolute Gasteiger partial charge is 0.308 e. The fourth-order valence-corrected chi connectivity index (χ4v) is 2.25. The molecule has 0 aromatic heterocycles. The van der Waals surface area contributed by atoms with E-state index in [0.717, 1.165) is 25.5 Å². The SMILES string of the molecule is CCCC(C=O)N(C)N(C)c1cc(CC)ccc1C. The van der Waals surface area contributed by atoms with E-state index < -0.39 is 0 Å². The second-order valence-electron chi connectivity index (χ2n) is 5.06. The van der Waals surface area contributed by atoms with E-state index in [1.165, 1.54) is 16.8 Å². The molecule has 0 fully saturated rings. The molecule has 0 aliphatic rings. The van der Waals surface area contributed by atoms with Gasteiger partial charge in [-0.15, -0.1) is 0 Å². The molecule has 3 heteroatoms. The lowest BCUT2D eigenvalue weighted by Gasteiger charge is -2.35. The number of hydrazine groups is 1. The zero-order valence-corrected chi connectivity index (χ0v) is 12.8. The van der Waals surface area contributed by atoms with Gasteiger partial charge in [-0.2, -0.15) is 0 Å². The van der Waals surface area contributed by atoms with Crippen molar-refractivity contribution in [2.24, 2.45) is 0 Å². The Bertz CT molecular complexity index is 417. The van der Waals surface area contributed by atoms with E-state index in [1.807, 2.05) is 19.1 Å². The molecular weight excluding hydrogens is 236 g/mol. The zero-order valence-electron chi connectivity index (χ0n) is 12.8. The van der Waals surface area contributed by atoms with Gasteiger partial charge >= 0.3 is 0 Å². The van der Waals surface area contributed by atoms with Crippen LogP contribution in [-0.2, 0) is 11.2 Å². The van der Waals surface area contributed by atoms with Crippen LogP contribution in [-0.4, -0.2) is 31.4 Å². The number of aryl methyl sites for hydroxylation is 2. The Kier molecular flexibility index (Phi) is 6.03. The van der Waals surface area contributed by atoms with E-state index in [2.05, 4.69) is 44.0 Å². The summed E-state index contributed by atoms with van der Waals surface area (Å²) in [5.41, 5.74) is 3.72. The fourth-order valence-electron chi connectivity index (χ4n) is 2.25. The van der Waals surface area contributed by atoms with E-state index >= 15 is 0 Å². The summed E-state index contributed by atoms with van der Waals surface area (Å²) in [5, 5.41) is 4.11.